The molecule has 2 N–H and O–H groups in total. The van der Waals surface area contributed by atoms with Crippen LogP contribution in [0.1, 0.15) is 44.0 Å². The maximum absolute atomic E-state index is 13.4. The number of carbonyl (C=O) groups excluding carboxylic acids is 2. The molecule has 2 aromatic carbocycles. The van der Waals surface area contributed by atoms with Crippen LogP contribution in [-0.2, 0) is 4.79 Å². The van der Waals surface area contributed by atoms with Crippen LogP contribution in [0.15, 0.2) is 47.9 Å². The number of allylic oxidation sites excluding steroid dienone is 1. The van der Waals surface area contributed by atoms with Gasteiger partial charge >= 0.3 is 0 Å². The first-order valence-corrected chi connectivity index (χ1v) is 11.4. The lowest BCUT2D eigenvalue weighted by Crippen LogP contribution is -2.15. The highest BCUT2D eigenvalue weighted by atomic mass is 35.5. The summed E-state index contributed by atoms with van der Waals surface area (Å²) >= 11 is 7.56. The van der Waals surface area contributed by atoms with Crippen molar-refractivity contribution in [3.63, 3.8) is 0 Å². The van der Waals surface area contributed by atoms with Gasteiger partial charge in [-0.2, -0.15) is 0 Å². The number of benzene rings is 2. The third-order valence-corrected chi connectivity index (χ3v) is 5.95. The molecule has 2 atom stereocenters. The largest absolute Gasteiger partial charge is 0.396 e. The van der Waals surface area contributed by atoms with Crippen molar-refractivity contribution in [3.05, 3.63) is 71.0 Å². The van der Waals surface area contributed by atoms with Gasteiger partial charge in [-0.15, -0.1) is 18.3 Å². The molecule has 0 aliphatic carbocycles. The second kappa shape index (κ2) is 14.1. The summed E-state index contributed by atoms with van der Waals surface area (Å²) in [4.78, 5) is 24.6. The Morgan fingerprint density at radius 3 is 2.30 bits per heavy atom. The molecule has 2 unspecified atom stereocenters. The minimum atomic E-state index is -1.62. The number of amides is 1. The van der Waals surface area contributed by atoms with Crippen molar-refractivity contribution in [2.24, 2.45) is 5.92 Å². The second-order valence-electron chi connectivity index (χ2n) is 7.43. The summed E-state index contributed by atoms with van der Waals surface area (Å²) in [5.41, 5.74) is -0.0596. The molecule has 4 nitrogen and oxygen atoms in total. The maximum atomic E-state index is 13.4. The molecule has 0 aliphatic rings. The van der Waals surface area contributed by atoms with E-state index in [2.05, 4.69) is 11.9 Å². The van der Waals surface area contributed by atoms with E-state index in [-0.39, 0.29) is 41.2 Å². The molecule has 0 saturated heterocycles. The molecule has 1 amide bonds. The molecule has 9 heteroatoms. The number of Topliss-reactive ketones (excluding diaryl/α,β-unsaturated/α-hetero) is 1. The first-order chi connectivity index (χ1) is 15.5. The quantitative estimate of drug-likeness (QED) is 0.229. The van der Waals surface area contributed by atoms with Crippen LogP contribution in [0.2, 0.25) is 5.02 Å². The molecule has 2 rings (SSSR count). The van der Waals surface area contributed by atoms with Crippen LogP contribution in [0, 0.1) is 23.4 Å². The second-order valence-corrected chi connectivity index (χ2v) is 9.18. The lowest BCUT2D eigenvalue weighted by Gasteiger charge is -2.19. The molecular weight excluding hydrogens is 475 g/mol. The van der Waals surface area contributed by atoms with E-state index in [9.17, 15) is 27.9 Å². The summed E-state index contributed by atoms with van der Waals surface area (Å²) in [6, 6.07) is 5.82. The Hall–Kier alpha value is -2.29. The van der Waals surface area contributed by atoms with E-state index in [1.165, 1.54) is 36.9 Å². The van der Waals surface area contributed by atoms with Gasteiger partial charge in [0.05, 0.1) is 5.02 Å². The monoisotopic (exact) mass is 501 g/mol. The van der Waals surface area contributed by atoms with Gasteiger partial charge < -0.3 is 10.4 Å². The van der Waals surface area contributed by atoms with E-state index in [1.807, 2.05) is 13.8 Å². The summed E-state index contributed by atoms with van der Waals surface area (Å²) in [5, 5.41) is 11.8. The third kappa shape index (κ3) is 9.61. The lowest BCUT2D eigenvalue weighted by molar-refractivity contribution is -0.117. The first-order valence-electron chi connectivity index (χ1n) is 10.1. The van der Waals surface area contributed by atoms with Crippen LogP contribution < -0.4 is 5.32 Å². The predicted molar refractivity (Wildman–Crippen MR) is 127 cm³/mol. The molecule has 0 bridgehead atoms. The summed E-state index contributed by atoms with van der Waals surface area (Å²) in [7, 11) is 0. The molecule has 0 spiro atoms. The Morgan fingerprint density at radius 2 is 1.79 bits per heavy atom. The molecule has 0 saturated carbocycles. The molecular formula is C24H27ClF3NO3S. The predicted octanol–water partition coefficient (Wildman–Crippen LogP) is 6.66. The number of thioether (sulfide) groups is 1. The number of aliphatic hydroxyl groups excluding tert-OH is 1. The van der Waals surface area contributed by atoms with Gasteiger partial charge in [0, 0.05) is 46.6 Å². The zero-order valence-electron chi connectivity index (χ0n) is 18.6. The van der Waals surface area contributed by atoms with Gasteiger partial charge in [-0.05, 0) is 44.4 Å². The van der Waals surface area contributed by atoms with E-state index in [0.717, 1.165) is 0 Å². The van der Waals surface area contributed by atoms with Gasteiger partial charge in [-0.3, -0.25) is 9.59 Å². The Balaban J connectivity index is 0.00000172. The van der Waals surface area contributed by atoms with Gasteiger partial charge in [0.1, 0.15) is 5.78 Å². The molecule has 0 aromatic heterocycles. The standard InChI is InChI=1S/C21H21ClF3NO3S.C3H6/c1-11(10-27)5-15(6-12(2)28)30-19-7-13(3-4-16(19)22)21(29)26-14-8-17(23)20(25)18(24)9-14;1-3-2/h3-4,7-9,11,15,27H,5-6,10H2,1-2H3,(H,26,29);3H,1H2,2H3. The number of carbonyl (C=O) groups is 2. The molecule has 33 heavy (non-hydrogen) atoms. The van der Waals surface area contributed by atoms with E-state index in [0.29, 0.717) is 28.5 Å². The number of anilines is 1. The molecule has 0 radical (unpaired) electrons. The van der Waals surface area contributed by atoms with Crippen molar-refractivity contribution in [2.45, 2.75) is 43.8 Å². The average molecular weight is 502 g/mol. The Kier molecular flexibility index (Phi) is 12.3. The van der Waals surface area contributed by atoms with Crippen LogP contribution in [0.5, 0.6) is 0 Å². The summed E-state index contributed by atoms with van der Waals surface area (Å²) < 4.78 is 39.8. The summed E-state index contributed by atoms with van der Waals surface area (Å²) in [6.45, 7) is 8.57. The van der Waals surface area contributed by atoms with E-state index >= 15 is 0 Å². The van der Waals surface area contributed by atoms with E-state index in [4.69, 9.17) is 11.6 Å². The zero-order valence-corrected chi connectivity index (χ0v) is 20.2. The van der Waals surface area contributed by atoms with Crippen molar-refractivity contribution in [1.29, 1.82) is 0 Å². The molecule has 180 valence electrons. The highest BCUT2D eigenvalue weighted by Crippen LogP contribution is 2.35. The lowest BCUT2D eigenvalue weighted by atomic mass is 10.0. The highest BCUT2D eigenvalue weighted by molar-refractivity contribution is 8.00. The maximum Gasteiger partial charge on any atom is 0.255 e. The van der Waals surface area contributed by atoms with Crippen molar-refractivity contribution in [3.8, 4) is 0 Å². The number of nitrogens with one attached hydrogen (secondary N) is 1. The Labute approximate surface area is 201 Å². The van der Waals surface area contributed by atoms with Crippen molar-refractivity contribution >= 4 is 40.7 Å². The SMILES string of the molecule is C=CC.CC(=O)CC(CC(C)CO)Sc1cc(C(=O)Nc2cc(F)c(F)c(F)c2)ccc1Cl. The first kappa shape index (κ1) is 28.7. The molecule has 0 fully saturated rings. The number of hydrogen-bond acceptors (Lipinski definition) is 4. The fourth-order valence-electron chi connectivity index (χ4n) is 2.76. The summed E-state index contributed by atoms with van der Waals surface area (Å²) in [6.07, 6.45) is 2.59. The molecule has 0 heterocycles. The minimum Gasteiger partial charge on any atom is -0.396 e. The number of hydrogen-bond donors (Lipinski definition) is 2. The average Bonchev–Trinajstić information content (AvgIpc) is 2.73. The van der Waals surface area contributed by atoms with Gasteiger partial charge in [0.2, 0.25) is 0 Å². The van der Waals surface area contributed by atoms with E-state index < -0.39 is 23.4 Å². The third-order valence-electron chi connectivity index (χ3n) is 4.22. The smallest absolute Gasteiger partial charge is 0.255 e. The highest BCUT2D eigenvalue weighted by Gasteiger charge is 2.19. The molecule has 0 aliphatic heterocycles. The van der Waals surface area contributed by atoms with Crippen molar-refractivity contribution in [2.75, 3.05) is 11.9 Å². The van der Waals surface area contributed by atoms with Crippen molar-refractivity contribution in [1.82, 2.24) is 0 Å². The fourth-order valence-corrected chi connectivity index (χ4v) is 4.49. The van der Waals surface area contributed by atoms with Crippen LogP contribution in [0.25, 0.3) is 0 Å². The van der Waals surface area contributed by atoms with E-state index in [1.54, 1.807) is 6.08 Å². The van der Waals surface area contributed by atoms with Crippen LogP contribution in [-0.4, -0.2) is 28.7 Å². The molecule has 2 aromatic rings. The Morgan fingerprint density at radius 1 is 1.21 bits per heavy atom. The van der Waals surface area contributed by atoms with Gasteiger partial charge in [0.15, 0.2) is 17.5 Å². The van der Waals surface area contributed by atoms with Gasteiger partial charge in [-0.25, -0.2) is 13.2 Å². The number of aliphatic hydroxyl groups is 1. The number of rotatable bonds is 9. The van der Waals surface area contributed by atoms with Crippen molar-refractivity contribution < 1.29 is 27.9 Å². The summed E-state index contributed by atoms with van der Waals surface area (Å²) in [5.74, 6) is -5.14. The normalized spacial score (nSPS) is 12.2. The van der Waals surface area contributed by atoms with Crippen LogP contribution >= 0.6 is 23.4 Å². The van der Waals surface area contributed by atoms with Crippen LogP contribution in [0.3, 0.4) is 0 Å². The fraction of sp³-hybridized carbons (Fsp3) is 0.333. The van der Waals surface area contributed by atoms with Gasteiger partial charge in [0.25, 0.3) is 5.91 Å². The topological polar surface area (TPSA) is 66.4 Å². The van der Waals surface area contributed by atoms with Gasteiger partial charge in [-0.1, -0.05) is 24.6 Å². The Bertz CT molecular complexity index is 964. The zero-order chi connectivity index (χ0) is 25.1. The minimum absolute atomic E-state index is 0.0111. The number of halogens is 4. The number of ketones is 1. The van der Waals surface area contributed by atoms with Crippen LogP contribution in [0.4, 0.5) is 18.9 Å².